The van der Waals surface area contributed by atoms with E-state index >= 15 is 0 Å². The number of nitrogens with zero attached hydrogens (tertiary/aromatic N) is 6. The smallest absolute Gasteiger partial charge is 0.273 e. The van der Waals surface area contributed by atoms with Gasteiger partial charge in [-0.25, -0.2) is 14.6 Å². The highest BCUT2D eigenvalue weighted by Crippen LogP contribution is 2.41. The van der Waals surface area contributed by atoms with E-state index in [1.165, 1.54) is 41.1 Å². The van der Waals surface area contributed by atoms with Gasteiger partial charge in [0.25, 0.3) is 5.91 Å². The summed E-state index contributed by atoms with van der Waals surface area (Å²) in [6, 6.07) is 0.928. The van der Waals surface area contributed by atoms with Crippen molar-refractivity contribution < 1.29 is 24.5 Å². The Morgan fingerprint density at radius 2 is 2.27 bits per heavy atom. The van der Waals surface area contributed by atoms with Gasteiger partial charge in [-0.2, -0.15) is 0 Å². The number of thiazole rings is 1. The summed E-state index contributed by atoms with van der Waals surface area (Å²) in [4.78, 5) is 23.8. The summed E-state index contributed by atoms with van der Waals surface area (Å²) in [5.74, 6) is 2.35. The number of rotatable bonds is 7. The van der Waals surface area contributed by atoms with Crippen molar-refractivity contribution in [1.29, 1.82) is 0 Å². The van der Waals surface area contributed by atoms with Crippen LogP contribution >= 0.6 is 34.7 Å². The number of aliphatic hydroxyl groups is 2. The lowest BCUT2D eigenvalue weighted by Gasteiger charge is -2.43. The van der Waals surface area contributed by atoms with Crippen LogP contribution in [0.4, 0.5) is 0 Å². The Morgan fingerprint density at radius 1 is 1.46 bits per heavy atom. The van der Waals surface area contributed by atoms with Gasteiger partial charge in [-0.3, -0.25) is 4.79 Å². The van der Waals surface area contributed by atoms with Crippen LogP contribution in [0, 0.1) is 12.3 Å². The second kappa shape index (κ2) is 11.0. The van der Waals surface area contributed by atoms with Crippen LogP contribution in [0.3, 0.4) is 0 Å². The van der Waals surface area contributed by atoms with Gasteiger partial charge in [0, 0.05) is 42.2 Å². The van der Waals surface area contributed by atoms with Gasteiger partial charge in [-0.05, 0) is 12.5 Å². The minimum Gasteiger partial charge on any atom is -0.394 e. The fourth-order valence-electron chi connectivity index (χ4n) is 4.17. The number of aliphatic hydroxyl groups excluding tert-OH is 2. The molecule has 11 nitrogen and oxygen atoms in total. The maximum absolute atomic E-state index is 13.0. The molecular weight excluding hydrogens is 540 g/mol. The number of thioether (sulfide) groups is 1. The third-order valence-electron chi connectivity index (χ3n) is 6.22. The number of pyridine rings is 1. The number of halogens is 1. The molecule has 0 aromatic carbocycles. The molecule has 0 aliphatic carbocycles. The van der Waals surface area contributed by atoms with Crippen molar-refractivity contribution in [3.8, 4) is 23.0 Å². The van der Waals surface area contributed by atoms with Gasteiger partial charge in [0.15, 0.2) is 0 Å². The van der Waals surface area contributed by atoms with E-state index in [1.54, 1.807) is 22.5 Å². The second-order valence-electron chi connectivity index (χ2n) is 8.44. The van der Waals surface area contributed by atoms with Crippen molar-refractivity contribution in [2.45, 2.75) is 41.1 Å². The fraction of sp³-hybridized carbons (Fsp3) is 0.435. The Hall–Kier alpha value is -2.57. The molecule has 5 atom stereocenters. The van der Waals surface area contributed by atoms with E-state index in [2.05, 4.69) is 26.2 Å². The molecule has 14 heteroatoms. The SMILES string of the molecule is C#Cc1cnc(C(=O)N2CCC2)c(S[C@H]2OC(CO)[C@H](O)[C@H](n3cc(-c4nc(Cl)cs4)nn3)C2OC)c1. The Bertz CT molecular complexity index is 1320. The van der Waals surface area contributed by atoms with E-state index in [0.717, 1.165) is 6.42 Å². The van der Waals surface area contributed by atoms with Crippen molar-refractivity contribution in [3.63, 3.8) is 0 Å². The number of aromatic nitrogens is 5. The normalized spacial score (nSPS) is 25.5. The van der Waals surface area contributed by atoms with Crippen LogP contribution in [-0.4, -0.2) is 96.5 Å². The van der Waals surface area contributed by atoms with E-state index in [4.69, 9.17) is 27.5 Å². The number of terminal acetylenes is 1. The number of carbonyl (C=O) groups is 1. The topological polar surface area (TPSA) is 136 Å². The van der Waals surface area contributed by atoms with Gasteiger partial charge in [-0.15, -0.1) is 22.9 Å². The summed E-state index contributed by atoms with van der Waals surface area (Å²) in [6.07, 6.45) is 6.79. The van der Waals surface area contributed by atoms with Gasteiger partial charge in [0.2, 0.25) is 0 Å². The van der Waals surface area contributed by atoms with Crippen LogP contribution in [0.25, 0.3) is 10.7 Å². The Balaban J connectivity index is 1.48. The molecule has 2 saturated heterocycles. The van der Waals surface area contributed by atoms with Gasteiger partial charge in [0.1, 0.15) is 51.3 Å². The summed E-state index contributed by atoms with van der Waals surface area (Å²) in [6.45, 7) is 0.890. The molecule has 5 heterocycles. The van der Waals surface area contributed by atoms with Gasteiger partial charge < -0.3 is 24.6 Å². The van der Waals surface area contributed by atoms with Crippen molar-refractivity contribution in [2.75, 3.05) is 26.8 Å². The number of methoxy groups -OCH3 is 1. The molecule has 2 fully saturated rings. The van der Waals surface area contributed by atoms with E-state index in [-0.39, 0.29) is 11.6 Å². The first-order valence-corrected chi connectivity index (χ1v) is 13.5. The molecule has 1 amide bonds. The summed E-state index contributed by atoms with van der Waals surface area (Å²) in [5.41, 5.74) is 0.485. The number of amides is 1. The fourth-order valence-corrected chi connectivity index (χ4v) is 6.37. The first kappa shape index (κ1) is 26.1. The van der Waals surface area contributed by atoms with E-state index in [1.807, 2.05) is 0 Å². The van der Waals surface area contributed by atoms with Crippen molar-refractivity contribution in [2.24, 2.45) is 0 Å². The standard InChI is InChI=1S/C23H23ClN6O5S2/c1-3-12-7-15(17(25-8-12)22(33)29-5-4-6-29)37-23-20(34-2)18(19(32)14(10-31)35-23)30-9-13(27-28-30)21-26-16(24)11-36-21/h1,7-9,11,14,18-20,23,31-32H,4-6,10H2,2H3/t14?,18-,19-,20?,23+/m0/s1. The number of likely N-dealkylation sites (tertiary alicyclic amines) is 1. The molecule has 0 radical (unpaired) electrons. The lowest BCUT2D eigenvalue weighted by Crippen LogP contribution is -2.55. The zero-order valence-corrected chi connectivity index (χ0v) is 22.0. The molecule has 37 heavy (non-hydrogen) atoms. The van der Waals surface area contributed by atoms with E-state index in [0.29, 0.717) is 39.4 Å². The molecule has 3 aromatic rings. The molecule has 0 bridgehead atoms. The number of hydrogen-bond donors (Lipinski definition) is 2. The monoisotopic (exact) mass is 562 g/mol. The summed E-state index contributed by atoms with van der Waals surface area (Å²) >= 11 is 8.46. The predicted molar refractivity (Wildman–Crippen MR) is 136 cm³/mol. The molecule has 2 unspecified atom stereocenters. The second-order valence-corrected chi connectivity index (χ2v) is 10.8. The summed E-state index contributed by atoms with van der Waals surface area (Å²) < 4.78 is 13.3. The van der Waals surface area contributed by atoms with Gasteiger partial charge >= 0.3 is 0 Å². The third kappa shape index (κ3) is 5.10. The Kier molecular flexibility index (Phi) is 7.77. The van der Waals surface area contributed by atoms with Crippen molar-refractivity contribution in [3.05, 3.63) is 40.3 Å². The maximum Gasteiger partial charge on any atom is 0.273 e. The Morgan fingerprint density at radius 3 is 2.89 bits per heavy atom. The molecule has 5 rings (SSSR count). The molecule has 194 valence electrons. The highest BCUT2D eigenvalue weighted by Gasteiger charge is 2.48. The maximum atomic E-state index is 13.0. The molecule has 3 aromatic heterocycles. The van der Waals surface area contributed by atoms with Gasteiger partial charge in [-0.1, -0.05) is 34.5 Å². The minimum atomic E-state index is -1.17. The molecule has 0 spiro atoms. The van der Waals surface area contributed by atoms with E-state index < -0.39 is 36.4 Å². The molecule has 0 saturated carbocycles. The largest absolute Gasteiger partial charge is 0.394 e. The Labute approximate surface area is 225 Å². The summed E-state index contributed by atoms with van der Waals surface area (Å²) in [7, 11) is 1.49. The van der Waals surface area contributed by atoms with Crippen LogP contribution in [-0.2, 0) is 9.47 Å². The highest BCUT2D eigenvalue weighted by atomic mass is 35.5. The first-order valence-electron chi connectivity index (χ1n) is 11.4. The van der Waals surface area contributed by atoms with Crippen LogP contribution in [0.1, 0.15) is 28.5 Å². The molecule has 2 aliphatic rings. The zero-order chi connectivity index (χ0) is 26.1. The van der Waals surface area contributed by atoms with E-state index in [9.17, 15) is 15.0 Å². The average molecular weight is 563 g/mol. The molecule has 2 aliphatic heterocycles. The van der Waals surface area contributed by atoms with Crippen LogP contribution in [0.5, 0.6) is 0 Å². The molecular formula is C23H23ClN6O5S2. The lowest BCUT2D eigenvalue weighted by atomic mass is 9.97. The minimum absolute atomic E-state index is 0.194. The highest BCUT2D eigenvalue weighted by molar-refractivity contribution is 8.00. The zero-order valence-electron chi connectivity index (χ0n) is 19.6. The van der Waals surface area contributed by atoms with Crippen LogP contribution in [0.15, 0.2) is 28.7 Å². The predicted octanol–water partition coefficient (Wildman–Crippen LogP) is 1.70. The first-order chi connectivity index (χ1) is 17.9. The lowest BCUT2D eigenvalue weighted by molar-refractivity contribution is -0.186. The number of ether oxygens (including phenoxy) is 2. The van der Waals surface area contributed by atoms with Crippen LogP contribution in [0.2, 0.25) is 5.15 Å². The third-order valence-corrected chi connectivity index (χ3v) is 8.58. The number of carbonyl (C=O) groups excluding carboxylic acids is 1. The van der Waals surface area contributed by atoms with Gasteiger partial charge in [0.05, 0.1) is 12.8 Å². The van der Waals surface area contributed by atoms with Crippen molar-refractivity contribution in [1.82, 2.24) is 29.9 Å². The average Bonchev–Trinajstić information content (AvgIpc) is 3.52. The van der Waals surface area contributed by atoms with Crippen molar-refractivity contribution >= 4 is 40.6 Å². The van der Waals surface area contributed by atoms with Crippen LogP contribution < -0.4 is 0 Å². The summed E-state index contributed by atoms with van der Waals surface area (Å²) in [5, 5.41) is 32.1. The molecule has 2 N–H and O–H groups in total. The number of hydrogen-bond acceptors (Lipinski definition) is 11. The quantitative estimate of drug-likeness (QED) is 0.409.